The fraction of sp³-hybridized carbons (Fsp3) is 0.222. The van der Waals surface area contributed by atoms with Crippen molar-refractivity contribution in [3.05, 3.63) is 51.6 Å². The summed E-state index contributed by atoms with van der Waals surface area (Å²) in [6.07, 6.45) is 0.612. The average molecular weight is 344 g/mol. The van der Waals surface area contributed by atoms with Crippen LogP contribution in [0, 0.1) is 5.92 Å². The molecule has 0 bridgehead atoms. The van der Waals surface area contributed by atoms with Crippen LogP contribution in [-0.2, 0) is 4.79 Å². The van der Waals surface area contributed by atoms with Crippen LogP contribution in [0.25, 0.3) is 21.9 Å². The van der Waals surface area contributed by atoms with E-state index >= 15 is 0 Å². The van der Waals surface area contributed by atoms with Crippen molar-refractivity contribution in [2.75, 3.05) is 18.0 Å². The van der Waals surface area contributed by atoms with Crippen LogP contribution >= 0.6 is 11.6 Å². The van der Waals surface area contributed by atoms with Gasteiger partial charge in [-0.15, -0.1) is 0 Å². The van der Waals surface area contributed by atoms with Crippen LogP contribution in [0.1, 0.15) is 6.42 Å². The summed E-state index contributed by atoms with van der Waals surface area (Å²) in [4.78, 5) is 25.7. The number of carboxylic acid groups (broad SMARTS) is 1. The highest BCUT2D eigenvalue weighted by molar-refractivity contribution is 6.34. The maximum absolute atomic E-state index is 12.6. The van der Waals surface area contributed by atoms with E-state index in [9.17, 15) is 9.59 Å². The van der Waals surface area contributed by atoms with Gasteiger partial charge in [-0.3, -0.25) is 9.59 Å². The molecule has 6 heteroatoms. The Morgan fingerprint density at radius 2 is 2.08 bits per heavy atom. The van der Waals surface area contributed by atoms with E-state index in [0.717, 1.165) is 5.69 Å². The number of rotatable bonds is 2. The molecule has 1 aromatic heterocycles. The van der Waals surface area contributed by atoms with Gasteiger partial charge in [0.1, 0.15) is 5.58 Å². The first-order valence-corrected chi connectivity index (χ1v) is 8.05. The second-order valence-electron chi connectivity index (χ2n) is 6.00. The molecule has 1 saturated heterocycles. The smallest absolute Gasteiger partial charge is 0.308 e. The highest BCUT2D eigenvalue weighted by atomic mass is 35.5. The Morgan fingerprint density at radius 3 is 2.83 bits per heavy atom. The van der Waals surface area contributed by atoms with Crippen molar-refractivity contribution < 1.29 is 14.3 Å². The number of hydrogen-bond donors (Lipinski definition) is 1. The molecular formula is C18H14ClNO4. The lowest BCUT2D eigenvalue weighted by molar-refractivity contribution is -0.140. The third-order valence-electron chi connectivity index (χ3n) is 4.54. The zero-order valence-corrected chi connectivity index (χ0v) is 13.4. The highest BCUT2D eigenvalue weighted by Crippen LogP contribution is 2.29. The van der Waals surface area contributed by atoms with Crippen LogP contribution < -0.4 is 10.3 Å². The Morgan fingerprint density at radius 1 is 1.25 bits per heavy atom. The molecule has 0 aliphatic carbocycles. The minimum absolute atomic E-state index is 0.120. The number of hydrogen-bond acceptors (Lipinski definition) is 4. The van der Waals surface area contributed by atoms with E-state index < -0.39 is 5.97 Å². The van der Waals surface area contributed by atoms with Gasteiger partial charge in [0, 0.05) is 24.8 Å². The predicted molar refractivity (Wildman–Crippen MR) is 93.0 cm³/mol. The molecule has 0 saturated carbocycles. The summed E-state index contributed by atoms with van der Waals surface area (Å²) in [6, 6.07) is 10.4. The second-order valence-corrected chi connectivity index (χ2v) is 6.41. The van der Waals surface area contributed by atoms with Gasteiger partial charge in [-0.2, -0.15) is 0 Å². The van der Waals surface area contributed by atoms with Crippen molar-refractivity contribution in [1.29, 1.82) is 0 Å². The minimum Gasteiger partial charge on any atom is -0.481 e. The van der Waals surface area contributed by atoms with Gasteiger partial charge in [-0.05, 0) is 30.7 Å². The maximum atomic E-state index is 12.6. The summed E-state index contributed by atoms with van der Waals surface area (Å²) < 4.78 is 5.86. The van der Waals surface area contributed by atoms with E-state index in [4.69, 9.17) is 21.1 Å². The van der Waals surface area contributed by atoms with Crippen molar-refractivity contribution in [3.63, 3.8) is 0 Å². The third-order valence-corrected chi connectivity index (χ3v) is 4.83. The molecule has 0 spiro atoms. The van der Waals surface area contributed by atoms with Gasteiger partial charge < -0.3 is 14.4 Å². The van der Waals surface area contributed by atoms with Gasteiger partial charge in [0.05, 0.1) is 21.7 Å². The molecule has 5 nitrogen and oxygen atoms in total. The number of anilines is 1. The summed E-state index contributed by atoms with van der Waals surface area (Å²) in [6.45, 7) is 1.13. The van der Waals surface area contributed by atoms with E-state index in [-0.39, 0.29) is 11.3 Å². The minimum atomic E-state index is -0.775. The Kier molecular flexibility index (Phi) is 3.46. The Balaban J connectivity index is 1.84. The van der Waals surface area contributed by atoms with Crippen LogP contribution in [0.2, 0.25) is 5.02 Å². The molecule has 1 fully saturated rings. The molecule has 2 aromatic carbocycles. The van der Waals surface area contributed by atoms with E-state index in [1.165, 1.54) is 0 Å². The molecule has 1 atom stereocenters. The van der Waals surface area contributed by atoms with Gasteiger partial charge in [-0.25, -0.2) is 0 Å². The number of aliphatic carboxylic acids is 1. The number of benzene rings is 2. The largest absolute Gasteiger partial charge is 0.481 e. The normalized spacial score (nSPS) is 17.7. The summed E-state index contributed by atoms with van der Waals surface area (Å²) in [5.74, 6) is -1.14. The number of fused-ring (bicyclic) bond motifs is 2. The summed E-state index contributed by atoms with van der Waals surface area (Å²) in [7, 11) is 0. The molecule has 1 aliphatic rings. The number of nitrogens with zero attached hydrogens (tertiary/aromatic N) is 1. The van der Waals surface area contributed by atoms with Crippen LogP contribution in [0.4, 0.5) is 5.69 Å². The summed E-state index contributed by atoms with van der Waals surface area (Å²) in [5, 5.41) is 10.5. The molecule has 1 aliphatic heterocycles. The van der Waals surface area contributed by atoms with Crippen LogP contribution in [0.5, 0.6) is 0 Å². The molecular weight excluding hydrogens is 330 g/mol. The Bertz CT molecular complexity index is 1030. The van der Waals surface area contributed by atoms with Crippen molar-refractivity contribution in [1.82, 2.24) is 0 Å². The highest BCUT2D eigenvalue weighted by Gasteiger charge is 2.28. The quantitative estimate of drug-likeness (QED) is 0.721. The molecule has 0 amide bonds. The van der Waals surface area contributed by atoms with E-state index in [2.05, 4.69) is 0 Å². The van der Waals surface area contributed by atoms with Crippen molar-refractivity contribution in [3.8, 4) is 0 Å². The molecule has 2 heterocycles. The Hall–Kier alpha value is -2.53. The fourth-order valence-electron chi connectivity index (χ4n) is 3.22. The lowest BCUT2D eigenvalue weighted by Crippen LogP contribution is -2.22. The lowest BCUT2D eigenvalue weighted by Gasteiger charge is -2.18. The fourth-order valence-corrected chi connectivity index (χ4v) is 3.44. The van der Waals surface area contributed by atoms with Gasteiger partial charge in [0.15, 0.2) is 5.58 Å². The molecule has 24 heavy (non-hydrogen) atoms. The van der Waals surface area contributed by atoms with Gasteiger partial charge in [-0.1, -0.05) is 17.7 Å². The van der Waals surface area contributed by atoms with Crippen LogP contribution in [0.3, 0.4) is 0 Å². The van der Waals surface area contributed by atoms with Gasteiger partial charge in [0.2, 0.25) is 5.43 Å². The van der Waals surface area contributed by atoms with E-state index in [1.807, 2.05) is 11.0 Å². The maximum Gasteiger partial charge on any atom is 0.308 e. The number of carbonyl (C=O) groups is 1. The number of carboxylic acids is 1. The Labute approximate surface area is 142 Å². The van der Waals surface area contributed by atoms with E-state index in [0.29, 0.717) is 46.5 Å². The second kappa shape index (κ2) is 5.53. The van der Waals surface area contributed by atoms with Crippen LogP contribution in [0.15, 0.2) is 45.6 Å². The SMILES string of the molecule is O=C(O)[C@H]1CCN(c2ccc3c(=O)c4cccc(Cl)c4oc3c2)C1. The summed E-state index contributed by atoms with van der Waals surface area (Å²) in [5.41, 5.74) is 1.56. The molecule has 1 N–H and O–H groups in total. The first-order chi connectivity index (χ1) is 11.5. The van der Waals surface area contributed by atoms with Crippen LogP contribution in [-0.4, -0.2) is 24.2 Å². The zero-order chi connectivity index (χ0) is 16.8. The van der Waals surface area contributed by atoms with Crippen molar-refractivity contribution >= 4 is 45.2 Å². The zero-order valence-electron chi connectivity index (χ0n) is 12.7. The first kappa shape index (κ1) is 15.0. The number of para-hydroxylation sites is 1. The number of halogens is 1. The topological polar surface area (TPSA) is 70.8 Å². The van der Waals surface area contributed by atoms with Crippen molar-refractivity contribution in [2.24, 2.45) is 5.92 Å². The molecule has 4 rings (SSSR count). The van der Waals surface area contributed by atoms with Crippen molar-refractivity contribution in [2.45, 2.75) is 6.42 Å². The third kappa shape index (κ3) is 2.32. The molecule has 122 valence electrons. The first-order valence-electron chi connectivity index (χ1n) is 7.67. The lowest BCUT2D eigenvalue weighted by atomic mass is 10.1. The standard InChI is InChI=1S/C18H14ClNO4/c19-14-3-1-2-13-16(21)12-5-4-11(8-15(12)24-17(13)14)20-7-6-10(9-20)18(22)23/h1-5,8,10H,6-7,9H2,(H,22,23)/t10-/m0/s1. The summed E-state index contributed by atoms with van der Waals surface area (Å²) >= 11 is 6.14. The molecule has 3 aromatic rings. The van der Waals surface area contributed by atoms with Gasteiger partial charge in [0.25, 0.3) is 0 Å². The van der Waals surface area contributed by atoms with E-state index in [1.54, 1.807) is 30.3 Å². The molecule has 0 unspecified atom stereocenters. The predicted octanol–water partition coefficient (Wildman–Crippen LogP) is 3.51. The van der Waals surface area contributed by atoms with Gasteiger partial charge >= 0.3 is 5.97 Å². The molecule has 0 radical (unpaired) electrons. The monoisotopic (exact) mass is 343 g/mol. The average Bonchev–Trinajstić information content (AvgIpc) is 3.06.